The van der Waals surface area contributed by atoms with Crippen LogP contribution in [0.25, 0.3) is 6.08 Å². The van der Waals surface area contributed by atoms with E-state index in [-0.39, 0.29) is 0 Å². The molecule has 1 rings (SSSR count). The molecule has 0 fully saturated rings. The zero-order valence-electron chi connectivity index (χ0n) is 7.73. The molecule has 1 aromatic rings. The van der Waals surface area contributed by atoms with Gasteiger partial charge in [0, 0.05) is 0 Å². The van der Waals surface area contributed by atoms with Crippen molar-refractivity contribution in [3.63, 3.8) is 0 Å². The summed E-state index contributed by atoms with van der Waals surface area (Å²) in [6, 6.07) is 7.79. The summed E-state index contributed by atoms with van der Waals surface area (Å²) in [6.45, 7) is 5.71. The maximum atomic E-state index is 9.62. The molecule has 0 aliphatic heterocycles. The minimum absolute atomic E-state index is 0.399. The number of rotatable bonds is 4. The summed E-state index contributed by atoms with van der Waals surface area (Å²) < 4.78 is 0. The molecule has 1 N–H and O–H groups in total. The van der Waals surface area contributed by atoms with E-state index < -0.39 is 5.44 Å². The van der Waals surface area contributed by atoms with Crippen LogP contribution in [0.1, 0.15) is 23.5 Å². The zero-order valence-corrected chi connectivity index (χ0v) is 8.55. The molecule has 0 spiro atoms. The van der Waals surface area contributed by atoms with E-state index in [4.69, 9.17) is 0 Å². The standard InChI is InChI=1S/C11H14OS/c1-3-9-5-7-10(8-6-9)11(12)13-4-2/h3,5-8,11-12H,1,4H2,2H3. The zero-order chi connectivity index (χ0) is 9.68. The lowest BCUT2D eigenvalue weighted by Gasteiger charge is -2.08. The van der Waals surface area contributed by atoms with E-state index in [9.17, 15) is 5.11 Å². The van der Waals surface area contributed by atoms with Gasteiger partial charge in [0.05, 0.1) is 0 Å². The van der Waals surface area contributed by atoms with E-state index in [1.54, 1.807) is 6.08 Å². The lowest BCUT2D eigenvalue weighted by Crippen LogP contribution is -1.92. The minimum Gasteiger partial charge on any atom is -0.378 e. The van der Waals surface area contributed by atoms with Crippen LogP contribution < -0.4 is 0 Å². The van der Waals surface area contributed by atoms with Crippen molar-refractivity contribution in [1.82, 2.24) is 0 Å². The van der Waals surface area contributed by atoms with Crippen LogP contribution in [0.4, 0.5) is 0 Å². The molecule has 1 unspecified atom stereocenters. The molecule has 0 amide bonds. The number of hydrogen-bond acceptors (Lipinski definition) is 2. The molecule has 0 radical (unpaired) electrons. The average molecular weight is 194 g/mol. The second kappa shape index (κ2) is 5.10. The maximum absolute atomic E-state index is 9.62. The molecule has 0 aliphatic rings. The Morgan fingerprint density at radius 1 is 1.46 bits per heavy atom. The minimum atomic E-state index is -0.399. The van der Waals surface area contributed by atoms with Gasteiger partial charge >= 0.3 is 0 Å². The number of aliphatic hydroxyl groups is 1. The summed E-state index contributed by atoms with van der Waals surface area (Å²) in [5.74, 6) is 0.921. The third-order valence-electron chi connectivity index (χ3n) is 1.78. The Hall–Kier alpha value is -0.730. The molecule has 2 heteroatoms. The monoisotopic (exact) mass is 194 g/mol. The predicted octanol–water partition coefficient (Wildman–Crippen LogP) is 3.07. The van der Waals surface area contributed by atoms with Crippen molar-refractivity contribution in [2.24, 2.45) is 0 Å². The van der Waals surface area contributed by atoms with E-state index in [1.165, 1.54) is 11.8 Å². The first-order valence-electron chi connectivity index (χ1n) is 4.30. The van der Waals surface area contributed by atoms with Crippen molar-refractivity contribution in [3.8, 4) is 0 Å². The smallest absolute Gasteiger partial charge is 0.125 e. The van der Waals surface area contributed by atoms with Crippen molar-refractivity contribution in [2.75, 3.05) is 5.75 Å². The van der Waals surface area contributed by atoms with E-state index in [0.717, 1.165) is 16.9 Å². The highest BCUT2D eigenvalue weighted by atomic mass is 32.2. The van der Waals surface area contributed by atoms with Gasteiger partial charge in [-0.2, -0.15) is 0 Å². The Morgan fingerprint density at radius 2 is 2.08 bits per heavy atom. The van der Waals surface area contributed by atoms with Gasteiger partial charge in [-0.05, 0) is 16.9 Å². The second-order valence-corrected chi connectivity index (χ2v) is 4.04. The van der Waals surface area contributed by atoms with Crippen LogP contribution in [0.15, 0.2) is 30.8 Å². The summed E-state index contributed by atoms with van der Waals surface area (Å²) in [5, 5.41) is 9.62. The van der Waals surface area contributed by atoms with Crippen LogP contribution in [0.3, 0.4) is 0 Å². The molecule has 0 bridgehead atoms. The summed E-state index contributed by atoms with van der Waals surface area (Å²) in [4.78, 5) is 0. The molecular weight excluding hydrogens is 180 g/mol. The first kappa shape index (κ1) is 10.4. The first-order chi connectivity index (χ1) is 6.27. The van der Waals surface area contributed by atoms with Crippen molar-refractivity contribution in [2.45, 2.75) is 12.4 Å². The van der Waals surface area contributed by atoms with E-state index in [2.05, 4.69) is 6.58 Å². The van der Waals surface area contributed by atoms with Gasteiger partial charge in [0.2, 0.25) is 0 Å². The fourth-order valence-electron chi connectivity index (χ4n) is 1.05. The molecule has 1 nitrogen and oxygen atoms in total. The highest BCUT2D eigenvalue weighted by molar-refractivity contribution is 7.99. The fourth-order valence-corrected chi connectivity index (χ4v) is 1.72. The normalized spacial score (nSPS) is 12.5. The number of hydrogen-bond donors (Lipinski definition) is 1. The molecule has 0 aliphatic carbocycles. The maximum Gasteiger partial charge on any atom is 0.125 e. The summed E-state index contributed by atoms with van der Waals surface area (Å²) in [5.41, 5.74) is 1.64. The van der Waals surface area contributed by atoms with Crippen LogP contribution in [-0.2, 0) is 0 Å². The van der Waals surface area contributed by atoms with Gasteiger partial charge in [0.1, 0.15) is 5.44 Å². The molecule has 0 saturated heterocycles. The van der Waals surface area contributed by atoms with E-state index in [1.807, 2.05) is 31.2 Å². The van der Waals surface area contributed by atoms with E-state index >= 15 is 0 Å². The Kier molecular flexibility index (Phi) is 4.06. The van der Waals surface area contributed by atoms with Crippen LogP contribution in [0, 0.1) is 0 Å². The van der Waals surface area contributed by atoms with Gasteiger partial charge in [0.25, 0.3) is 0 Å². The van der Waals surface area contributed by atoms with Gasteiger partial charge in [-0.15, -0.1) is 11.8 Å². The van der Waals surface area contributed by atoms with Crippen molar-refractivity contribution >= 4 is 17.8 Å². The summed E-state index contributed by atoms with van der Waals surface area (Å²) in [7, 11) is 0. The van der Waals surface area contributed by atoms with Crippen molar-refractivity contribution in [1.29, 1.82) is 0 Å². The summed E-state index contributed by atoms with van der Waals surface area (Å²) in [6.07, 6.45) is 1.79. The van der Waals surface area contributed by atoms with Gasteiger partial charge < -0.3 is 5.11 Å². The number of thioether (sulfide) groups is 1. The van der Waals surface area contributed by atoms with Gasteiger partial charge in [-0.25, -0.2) is 0 Å². The highest BCUT2D eigenvalue weighted by Gasteiger charge is 2.04. The third kappa shape index (κ3) is 2.90. The molecular formula is C11H14OS. The Bertz CT molecular complexity index is 266. The Balaban J connectivity index is 2.73. The fraction of sp³-hybridized carbons (Fsp3) is 0.273. The first-order valence-corrected chi connectivity index (χ1v) is 5.35. The van der Waals surface area contributed by atoms with Crippen LogP contribution >= 0.6 is 11.8 Å². The molecule has 1 aromatic carbocycles. The summed E-state index contributed by atoms with van der Waals surface area (Å²) >= 11 is 1.53. The molecule has 0 aromatic heterocycles. The average Bonchev–Trinajstić information content (AvgIpc) is 2.18. The van der Waals surface area contributed by atoms with Crippen molar-refractivity contribution in [3.05, 3.63) is 42.0 Å². The van der Waals surface area contributed by atoms with Crippen molar-refractivity contribution < 1.29 is 5.11 Å². The number of aliphatic hydroxyl groups excluding tert-OH is 1. The lowest BCUT2D eigenvalue weighted by atomic mass is 10.1. The third-order valence-corrected chi connectivity index (χ3v) is 2.70. The lowest BCUT2D eigenvalue weighted by molar-refractivity contribution is 0.270. The van der Waals surface area contributed by atoms with Gasteiger partial charge in [-0.1, -0.05) is 43.8 Å². The Labute approximate surface area is 83.5 Å². The molecule has 13 heavy (non-hydrogen) atoms. The quantitative estimate of drug-likeness (QED) is 0.743. The van der Waals surface area contributed by atoms with Crippen LogP contribution in [0.2, 0.25) is 0 Å². The van der Waals surface area contributed by atoms with Crippen LogP contribution in [0.5, 0.6) is 0 Å². The second-order valence-electron chi connectivity index (χ2n) is 2.68. The van der Waals surface area contributed by atoms with Gasteiger partial charge in [0.15, 0.2) is 0 Å². The molecule has 0 heterocycles. The Morgan fingerprint density at radius 3 is 2.54 bits per heavy atom. The predicted molar refractivity (Wildman–Crippen MR) is 59.6 cm³/mol. The van der Waals surface area contributed by atoms with Crippen LogP contribution in [-0.4, -0.2) is 10.9 Å². The highest BCUT2D eigenvalue weighted by Crippen LogP contribution is 2.25. The largest absolute Gasteiger partial charge is 0.378 e. The molecule has 0 saturated carbocycles. The molecule has 70 valence electrons. The van der Waals surface area contributed by atoms with E-state index in [0.29, 0.717) is 0 Å². The van der Waals surface area contributed by atoms with Gasteiger partial charge in [-0.3, -0.25) is 0 Å². The topological polar surface area (TPSA) is 20.2 Å². The SMILES string of the molecule is C=Cc1ccc(C(O)SCC)cc1. The molecule has 1 atom stereocenters. The number of benzene rings is 1.